The fraction of sp³-hybridized carbons (Fsp3) is 0.696. The highest BCUT2D eigenvalue weighted by Gasteiger charge is 2.74. The summed E-state index contributed by atoms with van der Waals surface area (Å²) in [6, 6.07) is 5.55. The molecule has 0 aliphatic heterocycles. The van der Waals surface area contributed by atoms with E-state index < -0.39 is 55.4 Å². The van der Waals surface area contributed by atoms with E-state index in [4.69, 9.17) is 19.6 Å². The number of alkyl halides is 4. The second kappa shape index (κ2) is 8.32. The summed E-state index contributed by atoms with van der Waals surface area (Å²) in [5, 5.41) is -0.120. The number of rotatable bonds is 7. The van der Waals surface area contributed by atoms with E-state index >= 15 is 4.39 Å². The van der Waals surface area contributed by atoms with E-state index in [1.54, 1.807) is 0 Å². The number of ether oxygens (including phenoxy) is 2. The Balaban J connectivity index is 1.92. The smallest absolute Gasteiger partial charge is 0.432 e. The maximum absolute atomic E-state index is 15.1. The van der Waals surface area contributed by atoms with Gasteiger partial charge in [-0.05, 0) is 30.5 Å². The molecular weight excluding hydrogens is 458 g/mol. The minimum absolute atomic E-state index is 0.0809. The number of hydrogen-bond donors (Lipinski definition) is 1. The first-order valence-corrected chi connectivity index (χ1v) is 13.9. The molecule has 186 valence electrons. The molecule has 2 saturated carbocycles. The van der Waals surface area contributed by atoms with E-state index in [1.807, 2.05) is 33.9 Å². The largest absolute Gasteiger partial charge is 0.456 e. The molecule has 0 saturated heterocycles. The van der Waals surface area contributed by atoms with Crippen molar-refractivity contribution in [2.45, 2.75) is 75.4 Å². The molecule has 6 atom stereocenters. The Hall–Kier alpha value is -1.49. The molecular formula is C23H33F4NO4Si. The minimum atomic E-state index is -5.14. The zero-order valence-corrected chi connectivity index (χ0v) is 20.8. The van der Waals surface area contributed by atoms with Crippen LogP contribution in [0.1, 0.15) is 32.8 Å². The zero-order valence-electron chi connectivity index (χ0n) is 19.8. The van der Waals surface area contributed by atoms with E-state index in [-0.39, 0.29) is 17.6 Å². The zero-order chi connectivity index (χ0) is 25.0. The van der Waals surface area contributed by atoms with Crippen molar-refractivity contribution in [3.8, 4) is 0 Å². The van der Waals surface area contributed by atoms with E-state index in [0.29, 0.717) is 6.42 Å². The van der Waals surface area contributed by atoms with Gasteiger partial charge >= 0.3 is 12.1 Å². The van der Waals surface area contributed by atoms with E-state index in [0.717, 1.165) is 19.2 Å². The lowest BCUT2D eigenvalue weighted by molar-refractivity contribution is -0.280. The quantitative estimate of drug-likeness (QED) is 0.340. The average molecular weight is 492 g/mol. The first kappa shape index (κ1) is 26.1. The van der Waals surface area contributed by atoms with Crippen molar-refractivity contribution >= 4 is 14.3 Å². The molecule has 2 fully saturated rings. The Morgan fingerprint density at radius 2 is 1.76 bits per heavy atom. The summed E-state index contributed by atoms with van der Waals surface area (Å²) in [5.74, 6) is -2.03. The summed E-state index contributed by atoms with van der Waals surface area (Å²) in [6.45, 7) is 10.3. The fourth-order valence-corrected chi connectivity index (χ4v) is 5.55. The molecule has 0 amide bonds. The van der Waals surface area contributed by atoms with Crippen LogP contribution in [0.2, 0.25) is 18.1 Å². The van der Waals surface area contributed by atoms with Gasteiger partial charge in [0.05, 0.1) is 0 Å². The topological polar surface area (TPSA) is 70.8 Å². The van der Waals surface area contributed by atoms with Gasteiger partial charge in [-0.1, -0.05) is 51.1 Å². The predicted molar refractivity (Wildman–Crippen MR) is 118 cm³/mol. The second-order valence-corrected chi connectivity index (χ2v) is 15.5. The molecule has 5 nitrogen and oxygen atoms in total. The summed E-state index contributed by atoms with van der Waals surface area (Å²) < 4.78 is 74.2. The molecule has 0 radical (unpaired) electrons. The highest BCUT2D eigenvalue weighted by Crippen LogP contribution is 2.65. The van der Waals surface area contributed by atoms with Crippen molar-refractivity contribution in [1.29, 1.82) is 0 Å². The Bertz CT molecular complexity index is 875. The van der Waals surface area contributed by atoms with Crippen molar-refractivity contribution in [2.24, 2.45) is 17.1 Å². The van der Waals surface area contributed by atoms with Gasteiger partial charge in [-0.2, -0.15) is 13.2 Å². The third kappa shape index (κ3) is 4.13. The molecule has 0 spiro atoms. The van der Waals surface area contributed by atoms with E-state index in [2.05, 4.69) is 0 Å². The van der Waals surface area contributed by atoms with Crippen molar-refractivity contribution in [3.63, 3.8) is 0 Å². The van der Waals surface area contributed by atoms with Crippen molar-refractivity contribution < 1.29 is 36.3 Å². The third-order valence-electron chi connectivity index (χ3n) is 7.78. The van der Waals surface area contributed by atoms with Crippen LogP contribution < -0.4 is 5.73 Å². The van der Waals surface area contributed by atoms with E-state index in [9.17, 15) is 18.0 Å². The molecule has 0 bridgehead atoms. The van der Waals surface area contributed by atoms with Crippen molar-refractivity contribution in [1.82, 2.24) is 0 Å². The number of benzene rings is 1. The number of halogens is 4. The molecule has 10 heteroatoms. The SMILES string of the molecule is CO[C@@](C(=O)O[C@H]1[C@H](F)[C@H](N)[C@H]2C[C@]21CO[Si](C)(C)C(C)(C)C)(c1ccccc1)C(F)(F)F. The van der Waals surface area contributed by atoms with Gasteiger partial charge in [0.1, 0.15) is 6.10 Å². The van der Waals surface area contributed by atoms with E-state index in [1.165, 1.54) is 18.2 Å². The summed E-state index contributed by atoms with van der Waals surface area (Å²) >= 11 is 0. The number of hydrogen-bond acceptors (Lipinski definition) is 5. The monoisotopic (exact) mass is 491 g/mol. The van der Waals surface area contributed by atoms with Gasteiger partial charge in [-0.15, -0.1) is 0 Å². The molecule has 3 rings (SSSR count). The standard InChI is InChI=1S/C23H33F4NO4Si/c1-20(2,3)33(5,6)31-13-21-12-15(21)17(28)16(24)18(21)32-19(29)22(30-4,23(25,26)27)14-10-8-7-9-11-14/h7-11,15-18H,12-13,28H2,1-6H3/t15-,16-,17-,18+,21+,22-/m1/s1. The number of carbonyl (C=O) groups is 1. The van der Waals surface area contributed by atoms with Gasteiger partial charge in [0.25, 0.3) is 5.60 Å². The van der Waals surface area contributed by atoms with Gasteiger partial charge in [-0.25, -0.2) is 9.18 Å². The van der Waals surface area contributed by atoms with Crippen LogP contribution in [0.3, 0.4) is 0 Å². The summed E-state index contributed by atoms with van der Waals surface area (Å²) in [4.78, 5) is 13.1. The van der Waals surface area contributed by atoms with Crippen LogP contribution >= 0.6 is 0 Å². The summed E-state index contributed by atoms with van der Waals surface area (Å²) in [7, 11) is -1.46. The van der Waals surface area contributed by atoms with Crippen LogP contribution in [-0.2, 0) is 24.3 Å². The molecule has 0 heterocycles. The van der Waals surface area contributed by atoms with Crippen LogP contribution in [0.25, 0.3) is 0 Å². The van der Waals surface area contributed by atoms with Gasteiger partial charge in [-0.3, -0.25) is 0 Å². The Morgan fingerprint density at radius 3 is 2.24 bits per heavy atom. The van der Waals surface area contributed by atoms with Crippen LogP contribution in [-0.4, -0.2) is 52.5 Å². The lowest BCUT2D eigenvalue weighted by Crippen LogP contribution is -2.54. The highest BCUT2D eigenvalue weighted by molar-refractivity contribution is 6.74. The predicted octanol–water partition coefficient (Wildman–Crippen LogP) is 4.71. The molecule has 0 unspecified atom stereocenters. The first-order valence-electron chi connectivity index (χ1n) is 11.0. The molecule has 2 N–H and O–H groups in total. The van der Waals surface area contributed by atoms with Crippen LogP contribution in [0, 0.1) is 11.3 Å². The number of carbonyl (C=O) groups excluding carboxylic acids is 1. The molecule has 2 aliphatic carbocycles. The molecule has 0 aromatic heterocycles. The number of methoxy groups -OCH3 is 1. The van der Waals surface area contributed by atoms with Crippen molar-refractivity contribution in [3.05, 3.63) is 35.9 Å². The van der Waals surface area contributed by atoms with Crippen LogP contribution in [0.15, 0.2) is 30.3 Å². The van der Waals surface area contributed by atoms with Crippen LogP contribution in [0.5, 0.6) is 0 Å². The maximum Gasteiger partial charge on any atom is 0.432 e. The highest BCUT2D eigenvalue weighted by atomic mass is 28.4. The van der Waals surface area contributed by atoms with Gasteiger partial charge in [0, 0.05) is 30.7 Å². The lowest BCUT2D eigenvalue weighted by Gasteiger charge is -2.39. The number of fused-ring (bicyclic) bond motifs is 1. The normalized spacial score (nSPS) is 31.6. The van der Waals surface area contributed by atoms with Gasteiger partial charge in [0.2, 0.25) is 0 Å². The summed E-state index contributed by atoms with van der Waals surface area (Å²) in [6.07, 6.45) is -7.96. The first-order chi connectivity index (χ1) is 15.0. The Morgan fingerprint density at radius 1 is 1.18 bits per heavy atom. The summed E-state index contributed by atoms with van der Waals surface area (Å²) in [5.41, 5.74) is 1.25. The molecule has 1 aromatic carbocycles. The van der Waals surface area contributed by atoms with Crippen LogP contribution in [0.4, 0.5) is 17.6 Å². The van der Waals surface area contributed by atoms with Gasteiger partial charge in [0.15, 0.2) is 14.5 Å². The lowest BCUT2D eigenvalue weighted by atomic mass is 9.92. The molecule has 2 aliphatic rings. The third-order valence-corrected chi connectivity index (χ3v) is 12.3. The van der Waals surface area contributed by atoms with Gasteiger partial charge < -0.3 is 19.6 Å². The van der Waals surface area contributed by atoms with Crippen molar-refractivity contribution in [2.75, 3.05) is 13.7 Å². The Labute approximate surface area is 193 Å². The number of nitrogens with two attached hydrogens (primary N) is 1. The second-order valence-electron chi connectivity index (χ2n) is 10.7. The number of esters is 1. The average Bonchev–Trinajstić information content (AvgIpc) is 3.40. The fourth-order valence-electron chi connectivity index (χ4n) is 4.48. The maximum atomic E-state index is 15.1. The molecule has 33 heavy (non-hydrogen) atoms. The molecule has 1 aromatic rings. The minimum Gasteiger partial charge on any atom is -0.456 e. The Kier molecular flexibility index (Phi) is 6.58.